The lowest BCUT2D eigenvalue weighted by atomic mass is 10.1. The zero-order valence-electron chi connectivity index (χ0n) is 11.0. The first kappa shape index (κ1) is 14.7. The molecule has 1 aromatic rings. The summed E-state index contributed by atoms with van der Waals surface area (Å²) in [7, 11) is -3.25. The summed E-state index contributed by atoms with van der Waals surface area (Å²) < 4.78 is 24.9. The first-order valence-corrected chi connectivity index (χ1v) is 7.30. The number of hydrogen-bond acceptors (Lipinski definition) is 6. The number of aromatic nitrogens is 2. The van der Waals surface area contributed by atoms with E-state index >= 15 is 0 Å². The predicted octanol–water partition coefficient (Wildman–Crippen LogP) is 0.107. The van der Waals surface area contributed by atoms with Crippen molar-refractivity contribution >= 4 is 21.7 Å². The van der Waals surface area contributed by atoms with Gasteiger partial charge in [-0.25, -0.2) is 23.1 Å². The van der Waals surface area contributed by atoms with Gasteiger partial charge in [-0.3, -0.25) is 0 Å². The summed E-state index contributed by atoms with van der Waals surface area (Å²) in [5.74, 6) is 1.01. The van der Waals surface area contributed by atoms with Crippen LogP contribution in [0, 0.1) is 6.92 Å². The zero-order valence-corrected chi connectivity index (χ0v) is 11.8. The van der Waals surface area contributed by atoms with Gasteiger partial charge in [0.1, 0.15) is 18.0 Å². The molecule has 18 heavy (non-hydrogen) atoms. The minimum Gasteiger partial charge on any atom is -0.383 e. The minimum atomic E-state index is -3.25. The van der Waals surface area contributed by atoms with Gasteiger partial charge >= 0.3 is 0 Å². The van der Waals surface area contributed by atoms with E-state index < -0.39 is 15.6 Å². The first-order valence-electron chi connectivity index (χ1n) is 5.41. The highest BCUT2D eigenvalue weighted by atomic mass is 32.2. The Kier molecular flexibility index (Phi) is 4.12. The third kappa shape index (κ3) is 4.46. The molecule has 1 heterocycles. The second-order valence-corrected chi connectivity index (χ2v) is 6.59. The van der Waals surface area contributed by atoms with Gasteiger partial charge in [-0.2, -0.15) is 0 Å². The Labute approximate surface area is 107 Å². The average molecular weight is 273 g/mol. The van der Waals surface area contributed by atoms with Gasteiger partial charge in [0.2, 0.25) is 10.0 Å². The van der Waals surface area contributed by atoms with Crippen LogP contribution >= 0.6 is 0 Å². The summed E-state index contributed by atoms with van der Waals surface area (Å²) in [5.41, 5.74) is 5.78. The second kappa shape index (κ2) is 5.07. The molecule has 0 atom stereocenters. The van der Waals surface area contributed by atoms with Crippen molar-refractivity contribution in [3.8, 4) is 0 Å². The van der Waals surface area contributed by atoms with Crippen LogP contribution in [0.2, 0.25) is 0 Å². The molecule has 0 radical (unpaired) electrons. The SMILES string of the molecule is Cc1c(N)ncnc1NCC(C)(C)NS(C)(=O)=O. The summed E-state index contributed by atoms with van der Waals surface area (Å²) in [6.45, 7) is 5.74. The lowest BCUT2D eigenvalue weighted by Crippen LogP contribution is -2.47. The number of hydrogen-bond donors (Lipinski definition) is 3. The molecule has 7 nitrogen and oxygen atoms in total. The molecule has 4 N–H and O–H groups in total. The molecule has 8 heteroatoms. The molecule has 0 aliphatic heterocycles. The number of nitrogens with two attached hydrogens (primary N) is 1. The summed E-state index contributed by atoms with van der Waals surface area (Å²) >= 11 is 0. The van der Waals surface area contributed by atoms with Crippen molar-refractivity contribution in [2.24, 2.45) is 0 Å². The van der Waals surface area contributed by atoms with E-state index in [1.807, 2.05) is 0 Å². The summed E-state index contributed by atoms with van der Waals surface area (Å²) in [4.78, 5) is 7.92. The number of anilines is 2. The van der Waals surface area contributed by atoms with Gasteiger partial charge in [0, 0.05) is 17.6 Å². The fourth-order valence-corrected chi connectivity index (χ4v) is 2.56. The predicted molar refractivity (Wildman–Crippen MR) is 71.7 cm³/mol. The number of nitrogens with zero attached hydrogens (tertiary/aromatic N) is 2. The molecule has 1 aromatic heterocycles. The average Bonchev–Trinajstić information content (AvgIpc) is 2.17. The van der Waals surface area contributed by atoms with Gasteiger partial charge in [-0.15, -0.1) is 0 Å². The molecule has 1 rings (SSSR count). The van der Waals surface area contributed by atoms with E-state index in [2.05, 4.69) is 20.0 Å². The van der Waals surface area contributed by atoms with E-state index in [9.17, 15) is 8.42 Å². The van der Waals surface area contributed by atoms with Crippen molar-refractivity contribution in [1.82, 2.24) is 14.7 Å². The fourth-order valence-electron chi connectivity index (χ4n) is 1.48. The molecule has 0 amide bonds. The van der Waals surface area contributed by atoms with Crippen molar-refractivity contribution in [2.45, 2.75) is 26.3 Å². The molecule has 0 unspecified atom stereocenters. The molecule has 0 aromatic carbocycles. The van der Waals surface area contributed by atoms with Crippen molar-refractivity contribution in [3.05, 3.63) is 11.9 Å². The zero-order chi connectivity index (χ0) is 14.0. The third-order valence-electron chi connectivity index (χ3n) is 2.28. The van der Waals surface area contributed by atoms with E-state index in [1.165, 1.54) is 6.33 Å². The van der Waals surface area contributed by atoms with Gasteiger partial charge in [-0.1, -0.05) is 0 Å². The van der Waals surface area contributed by atoms with Gasteiger partial charge in [-0.05, 0) is 20.8 Å². The van der Waals surface area contributed by atoms with Crippen molar-refractivity contribution < 1.29 is 8.42 Å². The molecule has 102 valence electrons. The van der Waals surface area contributed by atoms with Crippen molar-refractivity contribution in [3.63, 3.8) is 0 Å². The van der Waals surface area contributed by atoms with Crippen molar-refractivity contribution in [2.75, 3.05) is 23.9 Å². The molecule has 0 fully saturated rings. The lowest BCUT2D eigenvalue weighted by molar-refractivity contribution is 0.475. The molecule has 0 saturated heterocycles. The highest BCUT2D eigenvalue weighted by molar-refractivity contribution is 7.88. The first-order chi connectivity index (χ1) is 8.11. The molecule has 0 aliphatic carbocycles. The molecule has 0 spiro atoms. The normalized spacial score (nSPS) is 12.4. The van der Waals surface area contributed by atoms with Gasteiger partial charge in [0.15, 0.2) is 0 Å². The molecule has 0 bridgehead atoms. The molecular weight excluding hydrogens is 254 g/mol. The Morgan fingerprint density at radius 1 is 1.39 bits per heavy atom. The van der Waals surface area contributed by atoms with Crippen LogP contribution in [-0.2, 0) is 10.0 Å². The van der Waals surface area contributed by atoms with Crippen LogP contribution < -0.4 is 15.8 Å². The second-order valence-electron chi connectivity index (χ2n) is 4.84. The monoisotopic (exact) mass is 273 g/mol. The Balaban J connectivity index is 2.73. The topological polar surface area (TPSA) is 110 Å². The maximum absolute atomic E-state index is 11.2. The number of nitrogen functional groups attached to an aromatic ring is 1. The van der Waals surface area contributed by atoms with Crippen molar-refractivity contribution in [1.29, 1.82) is 0 Å². The lowest BCUT2D eigenvalue weighted by Gasteiger charge is -2.25. The Morgan fingerprint density at radius 3 is 2.56 bits per heavy atom. The van der Waals surface area contributed by atoms with Crippen LogP contribution in [0.5, 0.6) is 0 Å². The standard InChI is InChI=1S/C10H19N5O2S/c1-7-8(11)13-6-14-9(7)12-5-10(2,3)15-18(4,16)17/h6,15H,5H2,1-4H3,(H3,11,12,13,14). The summed E-state index contributed by atoms with van der Waals surface area (Å²) in [5, 5.41) is 3.06. The van der Waals surface area contributed by atoms with Gasteiger partial charge in [0.25, 0.3) is 0 Å². The van der Waals surface area contributed by atoms with Crippen LogP contribution in [0.4, 0.5) is 11.6 Å². The number of sulfonamides is 1. The number of rotatable bonds is 5. The minimum absolute atomic E-state index is 0.386. The van der Waals surface area contributed by atoms with Crippen LogP contribution in [0.1, 0.15) is 19.4 Å². The Morgan fingerprint density at radius 2 is 2.00 bits per heavy atom. The fraction of sp³-hybridized carbons (Fsp3) is 0.600. The highest BCUT2D eigenvalue weighted by Crippen LogP contribution is 2.16. The third-order valence-corrected chi connectivity index (χ3v) is 3.21. The maximum atomic E-state index is 11.2. The van der Waals surface area contributed by atoms with E-state index in [4.69, 9.17) is 5.73 Å². The van der Waals surface area contributed by atoms with E-state index in [-0.39, 0.29) is 0 Å². The van der Waals surface area contributed by atoms with E-state index in [1.54, 1.807) is 20.8 Å². The number of nitrogens with one attached hydrogen (secondary N) is 2. The molecule has 0 saturated carbocycles. The quantitative estimate of drug-likeness (QED) is 0.702. The summed E-state index contributed by atoms with van der Waals surface area (Å²) in [6, 6.07) is 0. The maximum Gasteiger partial charge on any atom is 0.209 e. The Bertz CT molecular complexity index is 527. The van der Waals surface area contributed by atoms with E-state index in [0.717, 1.165) is 11.8 Å². The molecular formula is C10H19N5O2S. The Hall–Kier alpha value is -1.41. The van der Waals surface area contributed by atoms with Gasteiger partial charge in [0.05, 0.1) is 6.26 Å². The van der Waals surface area contributed by atoms with Crippen LogP contribution in [0.3, 0.4) is 0 Å². The van der Waals surface area contributed by atoms with Crippen LogP contribution in [0.25, 0.3) is 0 Å². The van der Waals surface area contributed by atoms with Crippen LogP contribution in [-0.4, -0.2) is 36.7 Å². The van der Waals surface area contributed by atoms with E-state index in [0.29, 0.717) is 18.2 Å². The van der Waals surface area contributed by atoms with Crippen LogP contribution in [0.15, 0.2) is 6.33 Å². The summed E-state index contributed by atoms with van der Waals surface area (Å²) in [6.07, 6.45) is 2.49. The van der Waals surface area contributed by atoms with Gasteiger partial charge < -0.3 is 11.1 Å². The largest absolute Gasteiger partial charge is 0.383 e. The molecule has 0 aliphatic rings. The highest BCUT2D eigenvalue weighted by Gasteiger charge is 2.22. The smallest absolute Gasteiger partial charge is 0.209 e.